The summed E-state index contributed by atoms with van der Waals surface area (Å²) in [5.74, 6) is 1.81. The molecule has 0 aliphatic carbocycles. The molecular formula is C15H19NO2. The van der Waals surface area contributed by atoms with Crippen LogP contribution in [0.2, 0.25) is 0 Å². The van der Waals surface area contributed by atoms with E-state index in [0.29, 0.717) is 0 Å². The standard InChI is InChI=1S/C15H19NO2/c1-10-7-8-12(15(17-4)11(10)2)14(16-3)13-6-5-9-18-13/h5-9,14,16H,1-4H3. The molecule has 0 bridgehead atoms. The Morgan fingerprint density at radius 3 is 2.56 bits per heavy atom. The number of nitrogens with one attached hydrogen (secondary N) is 1. The molecule has 2 aromatic rings. The van der Waals surface area contributed by atoms with Gasteiger partial charge < -0.3 is 14.5 Å². The van der Waals surface area contributed by atoms with Gasteiger partial charge in [-0.3, -0.25) is 0 Å². The van der Waals surface area contributed by atoms with Crippen molar-refractivity contribution in [3.8, 4) is 5.75 Å². The van der Waals surface area contributed by atoms with Crippen LogP contribution in [0.15, 0.2) is 34.9 Å². The van der Waals surface area contributed by atoms with Crippen LogP contribution in [0.25, 0.3) is 0 Å². The van der Waals surface area contributed by atoms with Gasteiger partial charge in [-0.1, -0.05) is 12.1 Å². The van der Waals surface area contributed by atoms with E-state index >= 15 is 0 Å². The largest absolute Gasteiger partial charge is 0.496 e. The van der Waals surface area contributed by atoms with Crippen LogP contribution < -0.4 is 10.1 Å². The highest BCUT2D eigenvalue weighted by molar-refractivity contribution is 5.48. The number of furan rings is 1. The average Bonchev–Trinajstić information content (AvgIpc) is 2.89. The van der Waals surface area contributed by atoms with Gasteiger partial charge in [0.05, 0.1) is 19.4 Å². The van der Waals surface area contributed by atoms with E-state index in [9.17, 15) is 0 Å². The molecule has 18 heavy (non-hydrogen) atoms. The zero-order chi connectivity index (χ0) is 13.1. The summed E-state index contributed by atoms with van der Waals surface area (Å²) in [4.78, 5) is 0. The molecule has 3 nitrogen and oxygen atoms in total. The second-order valence-corrected chi connectivity index (χ2v) is 4.37. The topological polar surface area (TPSA) is 34.4 Å². The Morgan fingerprint density at radius 1 is 1.22 bits per heavy atom. The van der Waals surface area contributed by atoms with Crippen LogP contribution in [0, 0.1) is 13.8 Å². The number of benzene rings is 1. The van der Waals surface area contributed by atoms with Crippen LogP contribution in [0.5, 0.6) is 5.75 Å². The molecule has 1 heterocycles. The van der Waals surface area contributed by atoms with Gasteiger partial charge in [0, 0.05) is 5.56 Å². The maximum atomic E-state index is 5.56. The molecule has 3 heteroatoms. The van der Waals surface area contributed by atoms with Crippen LogP contribution in [0.3, 0.4) is 0 Å². The Bertz CT molecular complexity index is 518. The van der Waals surface area contributed by atoms with Gasteiger partial charge in [-0.25, -0.2) is 0 Å². The molecule has 0 saturated carbocycles. The first-order valence-corrected chi connectivity index (χ1v) is 6.03. The fourth-order valence-electron chi connectivity index (χ4n) is 2.22. The van der Waals surface area contributed by atoms with E-state index in [2.05, 4.69) is 31.3 Å². The van der Waals surface area contributed by atoms with Gasteiger partial charge in [-0.15, -0.1) is 0 Å². The van der Waals surface area contributed by atoms with Crippen molar-refractivity contribution in [1.29, 1.82) is 0 Å². The monoisotopic (exact) mass is 245 g/mol. The second-order valence-electron chi connectivity index (χ2n) is 4.37. The lowest BCUT2D eigenvalue weighted by atomic mass is 9.98. The van der Waals surface area contributed by atoms with Gasteiger partial charge in [0.1, 0.15) is 11.5 Å². The molecule has 1 unspecified atom stereocenters. The molecule has 0 aliphatic rings. The van der Waals surface area contributed by atoms with E-state index < -0.39 is 0 Å². The fourth-order valence-corrected chi connectivity index (χ4v) is 2.22. The third kappa shape index (κ3) is 2.14. The van der Waals surface area contributed by atoms with Crippen molar-refractivity contribution in [2.24, 2.45) is 0 Å². The van der Waals surface area contributed by atoms with E-state index in [1.54, 1.807) is 13.4 Å². The Labute approximate surface area is 108 Å². The summed E-state index contributed by atoms with van der Waals surface area (Å²) >= 11 is 0. The predicted molar refractivity (Wildman–Crippen MR) is 72.1 cm³/mol. The zero-order valence-corrected chi connectivity index (χ0v) is 11.3. The maximum absolute atomic E-state index is 5.56. The third-order valence-corrected chi connectivity index (χ3v) is 3.34. The summed E-state index contributed by atoms with van der Waals surface area (Å²) in [6, 6.07) is 8.07. The van der Waals surface area contributed by atoms with E-state index in [4.69, 9.17) is 9.15 Å². The van der Waals surface area contributed by atoms with Gasteiger partial charge in [-0.2, -0.15) is 0 Å². The van der Waals surface area contributed by atoms with Crippen molar-refractivity contribution >= 4 is 0 Å². The minimum Gasteiger partial charge on any atom is -0.496 e. The van der Waals surface area contributed by atoms with E-state index in [0.717, 1.165) is 17.1 Å². The van der Waals surface area contributed by atoms with E-state index in [1.807, 2.05) is 19.2 Å². The molecule has 96 valence electrons. The summed E-state index contributed by atoms with van der Waals surface area (Å²) in [5.41, 5.74) is 3.49. The van der Waals surface area contributed by atoms with E-state index in [-0.39, 0.29) is 6.04 Å². The van der Waals surface area contributed by atoms with Gasteiger partial charge in [-0.05, 0) is 44.2 Å². The number of aryl methyl sites for hydroxylation is 1. The number of hydrogen-bond acceptors (Lipinski definition) is 3. The van der Waals surface area contributed by atoms with Crippen molar-refractivity contribution in [2.45, 2.75) is 19.9 Å². The van der Waals surface area contributed by atoms with Gasteiger partial charge in [0.25, 0.3) is 0 Å². The van der Waals surface area contributed by atoms with Gasteiger partial charge >= 0.3 is 0 Å². The molecule has 0 spiro atoms. The summed E-state index contributed by atoms with van der Waals surface area (Å²) in [6.07, 6.45) is 1.69. The number of methoxy groups -OCH3 is 1. The van der Waals surface area contributed by atoms with Crippen molar-refractivity contribution < 1.29 is 9.15 Å². The molecule has 1 N–H and O–H groups in total. The highest BCUT2D eigenvalue weighted by Crippen LogP contribution is 2.34. The molecule has 0 radical (unpaired) electrons. The van der Waals surface area contributed by atoms with Crippen LogP contribution in [0.1, 0.15) is 28.5 Å². The number of ether oxygens (including phenoxy) is 1. The smallest absolute Gasteiger partial charge is 0.127 e. The lowest BCUT2D eigenvalue weighted by molar-refractivity contribution is 0.393. The molecule has 2 rings (SSSR count). The van der Waals surface area contributed by atoms with Gasteiger partial charge in [0.15, 0.2) is 0 Å². The first-order chi connectivity index (χ1) is 8.69. The Kier molecular flexibility index (Phi) is 3.72. The maximum Gasteiger partial charge on any atom is 0.127 e. The van der Waals surface area contributed by atoms with Crippen molar-refractivity contribution in [2.75, 3.05) is 14.2 Å². The molecule has 1 aromatic carbocycles. The Morgan fingerprint density at radius 2 is 2.00 bits per heavy atom. The summed E-state index contributed by atoms with van der Waals surface area (Å²) in [5, 5.41) is 3.27. The highest BCUT2D eigenvalue weighted by atomic mass is 16.5. The molecule has 0 fully saturated rings. The Balaban J connectivity index is 2.52. The summed E-state index contributed by atoms with van der Waals surface area (Å²) < 4.78 is 11.0. The van der Waals surface area contributed by atoms with E-state index in [1.165, 1.54) is 11.1 Å². The third-order valence-electron chi connectivity index (χ3n) is 3.34. The summed E-state index contributed by atoms with van der Waals surface area (Å²) in [6.45, 7) is 4.16. The molecule has 1 atom stereocenters. The van der Waals surface area contributed by atoms with Crippen molar-refractivity contribution in [1.82, 2.24) is 5.32 Å². The first-order valence-electron chi connectivity index (χ1n) is 6.03. The lowest BCUT2D eigenvalue weighted by Crippen LogP contribution is -2.18. The normalized spacial score (nSPS) is 12.4. The van der Waals surface area contributed by atoms with Crippen LogP contribution >= 0.6 is 0 Å². The molecular weight excluding hydrogens is 226 g/mol. The average molecular weight is 245 g/mol. The second kappa shape index (κ2) is 5.27. The molecule has 0 aliphatic heterocycles. The number of rotatable bonds is 4. The van der Waals surface area contributed by atoms with Gasteiger partial charge in [0.2, 0.25) is 0 Å². The van der Waals surface area contributed by atoms with Crippen molar-refractivity contribution in [3.63, 3.8) is 0 Å². The molecule has 0 saturated heterocycles. The SMILES string of the molecule is CNC(c1ccco1)c1ccc(C)c(C)c1OC. The quantitative estimate of drug-likeness (QED) is 0.898. The fraction of sp³-hybridized carbons (Fsp3) is 0.333. The van der Waals surface area contributed by atoms with Crippen LogP contribution in [-0.4, -0.2) is 14.2 Å². The highest BCUT2D eigenvalue weighted by Gasteiger charge is 2.20. The molecule has 0 amide bonds. The van der Waals surface area contributed by atoms with Crippen LogP contribution in [-0.2, 0) is 0 Å². The number of hydrogen-bond donors (Lipinski definition) is 1. The lowest BCUT2D eigenvalue weighted by Gasteiger charge is -2.20. The predicted octanol–water partition coefficient (Wildman–Crippen LogP) is 3.21. The van der Waals surface area contributed by atoms with Crippen molar-refractivity contribution in [3.05, 3.63) is 53.0 Å². The zero-order valence-electron chi connectivity index (χ0n) is 11.3. The first kappa shape index (κ1) is 12.7. The van der Waals surface area contributed by atoms with Crippen LogP contribution in [0.4, 0.5) is 0 Å². The minimum atomic E-state index is 0.00856. The minimum absolute atomic E-state index is 0.00856. The molecule has 1 aromatic heterocycles. The Hall–Kier alpha value is -1.74. The summed E-state index contributed by atoms with van der Waals surface area (Å²) in [7, 11) is 3.63.